The van der Waals surface area contributed by atoms with Crippen LogP contribution in [-0.4, -0.2) is 38.8 Å². The van der Waals surface area contributed by atoms with Crippen molar-refractivity contribution in [2.75, 3.05) is 23.7 Å². The highest BCUT2D eigenvalue weighted by molar-refractivity contribution is 7.15. The number of rotatable bonds is 8. The first kappa shape index (κ1) is 27.6. The lowest BCUT2D eigenvalue weighted by Crippen LogP contribution is -2.18. The summed E-state index contributed by atoms with van der Waals surface area (Å²) >= 11 is 1.50. The van der Waals surface area contributed by atoms with Crippen molar-refractivity contribution in [3.05, 3.63) is 107 Å². The molecule has 2 N–H and O–H groups in total. The summed E-state index contributed by atoms with van der Waals surface area (Å²) in [4.78, 5) is 29.9. The van der Waals surface area contributed by atoms with E-state index in [1.165, 1.54) is 35.8 Å². The molecule has 6 rings (SSSR count). The van der Waals surface area contributed by atoms with E-state index in [-0.39, 0.29) is 0 Å². The zero-order valence-corrected chi connectivity index (χ0v) is 23.7. The SMILES string of the molecule is Cc1nc(-c2cccc(NC(=O)c3c(F)cccc3F)c2)c(-c2ccnc(Nc3cccc(CN4CCCC4)c3)n2)s1. The van der Waals surface area contributed by atoms with Gasteiger partial charge in [-0.05, 0) is 80.9 Å². The molecule has 1 amide bonds. The van der Waals surface area contributed by atoms with Crippen LogP contribution in [0.2, 0.25) is 0 Å². The van der Waals surface area contributed by atoms with E-state index in [0.717, 1.165) is 52.9 Å². The average molecular weight is 583 g/mol. The summed E-state index contributed by atoms with van der Waals surface area (Å²) in [6, 6.07) is 20.4. The largest absolute Gasteiger partial charge is 0.324 e. The lowest BCUT2D eigenvalue weighted by Gasteiger charge is -2.15. The Morgan fingerprint density at radius 1 is 0.929 bits per heavy atom. The summed E-state index contributed by atoms with van der Waals surface area (Å²) in [7, 11) is 0. The molecule has 10 heteroatoms. The van der Waals surface area contributed by atoms with Crippen molar-refractivity contribution in [3.8, 4) is 21.8 Å². The fourth-order valence-corrected chi connectivity index (χ4v) is 5.98. The van der Waals surface area contributed by atoms with Gasteiger partial charge in [0, 0.05) is 29.7 Å². The summed E-state index contributed by atoms with van der Waals surface area (Å²) in [6.07, 6.45) is 4.21. The predicted molar refractivity (Wildman–Crippen MR) is 162 cm³/mol. The topological polar surface area (TPSA) is 83.0 Å². The Labute approximate surface area is 246 Å². The Hall–Kier alpha value is -4.54. The van der Waals surface area contributed by atoms with E-state index in [1.807, 2.05) is 31.2 Å². The maximum Gasteiger partial charge on any atom is 0.261 e. The first-order chi connectivity index (χ1) is 20.4. The van der Waals surface area contributed by atoms with E-state index < -0.39 is 23.1 Å². The van der Waals surface area contributed by atoms with Gasteiger partial charge in [-0.15, -0.1) is 11.3 Å². The van der Waals surface area contributed by atoms with Crippen LogP contribution in [0.4, 0.5) is 26.1 Å². The van der Waals surface area contributed by atoms with Crippen LogP contribution >= 0.6 is 11.3 Å². The summed E-state index contributed by atoms with van der Waals surface area (Å²) in [5.74, 6) is -2.25. The van der Waals surface area contributed by atoms with Gasteiger partial charge in [0.15, 0.2) is 0 Å². The van der Waals surface area contributed by atoms with E-state index in [9.17, 15) is 13.6 Å². The van der Waals surface area contributed by atoms with E-state index in [4.69, 9.17) is 9.97 Å². The van der Waals surface area contributed by atoms with Crippen molar-refractivity contribution in [3.63, 3.8) is 0 Å². The first-order valence-electron chi connectivity index (χ1n) is 13.7. The van der Waals surface area contributed by atoms with Gasteiger partial charge in [0.25, 0.3) is 5.91 Å². The molecule has 0 radical (unpaired) electrons. The number of carbonyl (C=O) groups is 1. The zero-order valence-electron chi connectivity index (χ0n) is 22.9. The molecule has 3 heterocycles. The minimum Gasteiger partial charge on any atom is -0.324 e. The second kappa shape index (κ2) is 12.1. The molecular formula is C32H28F2N6OS. The van der Waals surface area contributed by atoms with Crippen LogP contribution in [0.1, 0.15) is 33.8 Å². The van der Waals surface area contributed by atoms with E-state index in [1.54, 1.807) is 24.4 Å². The van der Waals surface area contributed by atoms with Crippen LogP contribution in [0.5, 0.6) is 0 Å². The fraction of sp³-hybridized carbons (Fsp3) is 0.188. The van der Waals surface area contributed by atoms with Crippen molar-refractivity contribution < 1.29 is 13.6 Å². The van der Waals surface area contributed by atoms with Crippen LogP contribution in [0.15, 0.2) is 79.0 Å². The monoisotopic (exact) mass is 582 g/mol. The number of nitrogens with zero attached hydrogens (tertiary/aromatic N) is 4. The normalized spacial score (nSPS) is 13.3. The molecule has 0 atom stereocenters. The quantitative estimate of drug-likeness (QED) is 0.198. The molecular weight excluding hydrogens is 554 g/mol. The molecule has 1 aliphatic heterocycles. The van der Waals surface area contributed by atoms with Gasteiger partial charge in [-0.25, -0.2) is 23.7 Å². The Bertz CT molecular complexity index is 1730. The van der Waals surface area contributed by atoms with Gasteiger partial charge >= 0.3 is 0 Å². The highest BCUT2D eigenvalue weighted by Crippen LogP contribution is 2.37. The minimum atomic E-state index is -0.924. The van der Waals surface area contributed by atoms with Gasteiger partial charge in [-0.1, -0.05) is 30.3 Å². The van der Waals surface area contributed by atoms with Gasteiger partial charge in [-0.3, -0.25) is 9.69 Å². The summed E-state index contributed by atoms with van der Waals surface area (Å²) < 4.78 is 28.3. The number of hydrogen-bond donors (Lipinski definition) is 2. The predicted octanol–water partition coefficient (Wildman–Crippen LogP) is 7.45. The van der Waals surface area contributed by atoms with Crippen LogP contribution in [0, 0.1) is 18.6 Å². The molecule has 0 saturated carbocycles. The second-order valence-corrected chi connectivity index (χ2v) is 11.3. The maximum atomic E-state index is 14.1. The number of nitrogens with one attached hydrogen (secondary N) is 2. The number of benzene rings is 3. The van der Waals surface area contributed by atoms with E-state index in [0.29, 0.717) is 23.0 Å². The van der Waals surface area contributed by atoms with Crippen molar-refractivity contribution in [2.45, 2.75) is 26.3 Å². The third kappa shape index (κ3) is 6.19. The Balaban J connectivity index is 1.24. The number of carbonyl (C=O) groups excluding carboxylic acids is 1. The number of likely N-dealkylation sites (tertiary alicyclic amines) is 1. The standard InChI is InChI=1S/C32H28F2N6OS/c1-20-36-29(22-8-5-10-24(18-22)37-31(41)28-25(33)11-6-12-26(28)34)30(42-20)27-13-14-35-32(39-27)38-23-9-4-7-21(17-23)19-40-15-2-3-16-40/h4-14,17-18H,2-3,15-16,19H2,1H3,(H,37,41)(H,35,38,39). The number of thiazole rings is 1. The third-order valence-corrected chi connectivity index (χ3v) is 7.99. The van der Waals surface area contributed by atoms with Gasteiger partial charge in [0.2, 0.25) is 5.95 Å². The lowest BCUT2D eigenvalue weighted by molar-refractivity contribution is 0.101. The van der Waals surface area contributed by atoms with Gasteiger partial charge in [0.1, 0.15) is 17.2 Å². The molecule has 0 unspecified atom stereocenters. The average Bonchev–Trinajstić information content (AvgIpc) is 3.63. The summed E-state index contributed by atoms with van der Waals surface area (Å²) in [6.45, 7) is 5.11. The smallest absolute Gasteiger partial charge is 0.261 e. The highest BCUT2D eigenvalue weighted by atomic mass is 32.1. The summed E-state index contributed by atoms with van der Waals surface area (Å²) in [5.41, 5.74) is 4.02. The Kier molecular flexibility index (Phi) is 7.98. The summed E-state index contributed by atoms with van der Waals surface area (Å²) in [5, 5.41) is 6.77. The van der Waals surface area contributed by atoms with Crippen molar-refractivity contribution >= 4 is 34.6 Å². The van der Waals surface area contributed by atoms with Crippen LogP contribution in [0.3, 0.4) is 0 Å². The van der Waals surface area contributed by atoms with Crippen LogP contribution in [0.25, 0.3) is 21.8 Å². The van der Waals surface area contributed by atoms with E-state index in [2.05, 4.69) is 32.7 Å². The Morgan fingerprint density at radius 2 is 1.67 bits per heavy atom. The maximum absolute atomic E-state index is 14.1. The molecule has 1 fully saturated rings. The molecule has 1 aliphatic rings. The molecule has 42 heavy (non-hydrogen) atoms. The number of halogens is 2. The number of aryl methyl sites for hydroxylation is 1. The molecule has 0 aliphatic carbocycles. The molecule has 1 saturated heterocycles. The second-order valence-electron chi connectivity index (χ2n) is 10.1. The molecule has 7 nitrogen and oxygen atoms in total. The number of anilines is 3. The molecule has 212 valence electrons. The fourth-order valence-electron chi connectivity index (χ4n) is 5.07. The number of hydrogen-bond acceptors (Lipinski definition) is 7. The molecule has 2 aromatic heterocycles. The molecule has 5 aromatic rings. The van der Waals surface area contributed by atoms with Crippen LogP contribution in [-0.2, 0) is 6.54 Å². The lowest BCUT2D eigenvalue weighted by atomic mass is 10.1. The van der Waals surface area contributed by atoms with Gasteiger partial charge < -0.3 is 10.6 Å². The van der Waals surface area contributed by atoms with Crippen molar-refractivity contribution in [1.82, 2.24) is 19.9 Å². The van der Waals surface area contributed by atoms with Crippen molar-refractivity contribution in [1.29, 1.82) is 0 Å². The molecule has 0 bridgehead atoms. The van der Waals surface area contributed by atoms with E-state index >= 15 is 0 Å². The van der Waals surface area contributed by atoms with Gasteiger partial charge in [-0.2, -0.15) is 0 Å². The Morgan fingerprint density at radius 3 is 2.48 bits per heavy atom. The van der Waals surface area contributed by atoms with Crippen molar-refractivity contribution in [2.24, 2.45) is 0 Å². The third-order valence-electron chi connectivity index (χ3n) is 6.99. The van der Waals surface area contributed by atoms with Gasteiger partial charge in [0.05, 0.1) is 21.3 Å². The molecule has 0 spiro atoms. The minimum absolute atomic E-state index is 0.385. The number of amides is 1. The molecule has 3 aromatic carbocycles. The zero-order chi connectivity index (χ0) is 29.1. The number of aromatic nitrogens is 3. The van der Waals surface area contributed by atoms with Crippen LogP contribution < -0.4 is 10.6 Å². The first-order valence-corrected chi connectivity index (χ1v) is 14.5. The highest BCUT2D eigenvalue weighted by Gasteiger charge is 2.19.